The third-order valence-electron chi connectivity index (χ3n) is 5.89. The molecule has 0 bridgehead atoms. The average molecular weight is 537 g/mol. The Morgan fingerprint density at radius 1 is 0.711 bits per heavy atom. The van der Waals surface area contributed by atoms with E-state index in [0.717, 1.165) is 37.0 Å². The van der Waals surface area contributed by atoms with Gasteiger partial charge in [-0.3, -0.25) is 0 Å². The second-order valence-electron chi connectivity index (χ2n) is 8.93. The minimum atomic E-state index is -0.630. The van der Waals surface area contributed by atoms with Gasteiger partial charge in [0.15, 0.2) is 11.6 Å². The van der Waals surface area contributed by atoms with Gasteiger partial charge in [-0.1, -0.05) is 24.6 Å². The van der Waals surface area contributed by atoms with Crippen LogP contribution in [0.15, 0.2) is 42.5 Å². The van der Waals surface area contributed by atoms with Crippen molar-refractivity contribution in [1.29, 1.82) is 0 Å². The lowest BCUT2D eigenvalue weighted by atomic mass is 10.1. The van der Waals surface area contributed by atoms with Gasteiger partial charge in [0.2, 0.25) is 0 Å². The number of rotatable bonds is 11. The first-order chi connectivity index (χ1) is 18.7. The average Bonchev–Trinajstić information content (AvgIpc) is 2.94. The Hall–Kier alpha value is -2.27. The third kappa shape index (κ3) is 12.5. The van der Waals surface area contributed by atoms with Gasteiger partial charge in [0.05, 0.1) is 72.7 Å². The van der Waals surface area contributed by atoms with Gasteiger partial charge in [0.25, 0.3) is 0 Å². The molecule has 3 rings (SSSR count). The fourth-order valence-electron chi connectivity index (χ4n) is 3.79. The minimum Gasteiger partial charge on any atom is -0.505 e. The fourth-order valence-corrected chi connectivity index (χ4v) is 3.79. The summed E-state index contributed by atoms with van der Waals surface area (Å²) in [5, 5.41) is 9.34. The van der Waals surface area contributed by atoms with Crippen molar-refractivity contribution in [2.75, 3.05) is 79.3 Å². The van der Waals surface area contributed by atoms with Crippen LogP contribution in [-0.2, 0) is 28.4 Å². The summed E-state index contributed by atoms with van der Waals surface area (Å²) in [6.45, 7) is 6.53. The van der Waals surface area contributed by atoms with Crippen LogP contribution in [0.5, 0.6) is 11.5 Å². The van der Waals surface area contributed by atoms with Crippen LogP contribution in [0, 0.1) is 5.82 Å². The van der Waals surface area contributed by atoms with Gasteiger partial charge in [-0.05, 0) is 54.7 Å². The first-order valence-electron chi connectivity index (χ1n) is 13.4. The zero-order valence-electron chi connectivity index (χ0n) is 22.1. The largest absolute Gasteiger partial charge is 0.505 e. The lowest BCUT2D eigenvalue weighted by Crippen LogP contribution is -2.28. The van der Waals surface area contributed by atoms with E-state index in [4.69, 9.17) is 33.2 Å². The van der Waals surface area contributed by atoms with Crippen LogP contribution >= 0.6 is 0 Å². The van der Waals surface area contributed by atoms with Crippen molar-refractivity contribution in [3.8, 4) is 22.6 Å². The summed E-state index contributed by atoms with van der Waals surface area (Å²) in [6.07, 6.45) is 3.91. The van der Waals surface area contributed by atoms with Gasteiger partial charge in [0, 0.05) is 6.61 Å². The molecule has 1 heterocycles. The predicted molar refractivity (Wildman–Crippen MR) is 141 cm³/mol. The number of benzene rings is 2. The van der Waals surface area contributed by atoms with Gasteiger partial charge in [-0.25, -0.2) is 4.39 Å². The van der Waals surface area contributed by atoms with Crippen LogP contribution in [-0.4, -0.2) is 90.5 Å². The highest BCUT2D eigenvalue weighted by Crippen LogP contribution is 2.26. The molecule has 38 heavy (non-hydrogen) atoms. The third-order valence-corrected chi connectivity index (χ3v) is 5.89. The van der Waals surface area contributed by atoms with Gasteiger partial charge in [-0.15, -0.1) is 0 Å². The highest BCUT2D eigenvalue weighted by atomic mass is 19.1. The van der Waals surface area contributed by atoms with E-state index >= 15 is 0 Å². The molecule has 1 aliphatic heterocycles. The molecule has 1 saturated heterocycles. The smallest absolute Gasteiger partial charge is 0.165 e. The monoisotopic (exact) mass is 536 g/mol. The molecule has 1 fully saturated rings. The molecule has 0 aliphatic carbocycles. The predicted octanol–water partition coefficient (Wildman–Crippen LogP) is 4.62. The Morgan fingerprint density at radius 3 is 2.00 bits per heavy atom. The van der Waals surface area contributed by atoms with Crippen molar-refractivity contribution in [1.82, 2.24) is 0 Å². The molecule has 8 nitrogen and oxygen atoms in total. The summed E-state index contributed by atoms with van der Waals surface area (Å²) in [6, 6.07) is 11.9. The molecule has 0 saturated carbocycles. The van der Waals surface area contributed by atoms with Gasteiger partial charge >= 0.3 is 0 Å². The zero-order valence-corrected chi connectivity index (χ0v) is 22.1. The molecule has 212 valence electrons. The summed E-state index contributed by atoms with van der Waals surface area (Å²) in [7, 11) is 0. The lowest BCUT2D eigenvalue weighted by Gasteiger charge is -2.18. The van der Waals surface area contributed by atoms with E-state index in [1.807, 2.05) is 24.3 Å². The Labute approximate surface area is 224 Å². The minimum absolute atomic E-state index is 0.132. The van der Waals surface area contributed by atoms with E-state index in [0.29, 0.717) is 84.8 Å². The summed E-state index contributed by atoms with van der Waals surface area (Å²) in [5.74, 6) is -0.198. The molecule has 1 N–H and O–H groups in total. The number of hydrogen-bond donors (Lipinski definition) is 1. The zero-order chi connectivity index (χ0) is 26.7. The molecule has 1 unspecified atom stereocenters. The van der Waals surface area contributed by atoms with Gasteiger partial charge in [0.1, 0.15) is 11.9 Å². The Bertz CT molecular complexity index is 863. The molecule has 1 aliphatic rings. The Kier molecular flexibility index (Phi) is 15.1. The number of hydrogen-bond acceptors (Lipinski definition) is 8. The van der Waals surface area contributed by atoms with Crippen molar-refractivity contribution in [3.05, 3.63) is 48.3 Å². The molecule has 1 atom stereocenters. The molecule has 2 aromatic rings. The van der Waals surface area contributed by atoms with Crippen molar-refractivity contribution in [3.63, 3.8) is 0 Å². The Balaban J connectivity index is 1.22. The second-order valence-corrected chi connectivity index (χ2v) is 8.93. The highest BCUT2D eigenvalue weighted by molar-refractivity contribution is 5.65. The maximum absolute atomic E-state index is 13.6. The normalized spacial score (nSPS) is 18.4. The molecule has 9 heteroatoms. The quantitative estimate of drug-likeness (QED) is 0.417. The SMILES string of the molecule is Oc1ccc(-c2ccc(OCCCCCCOCC3COCCOCCOCCOCCO3)cc2)cc1F. The number of ether oxygens (including phenoxy) is 7. The molecular weight excluding hydrogens is 495 g/mol. The van der Waals surface area contributed by atoms with Gasteiger partial charge in [-0.2, -0.15) is 0 Å². The highest BCUT2D eigenvalue weighted by Gasteiger charge is 2.11. The van der Waals surface area contributed by atoms with E-state index in [1.165, 1.54) is 12.1 Å². The van der Waals surface area contributed by atoms with E-state index in [9.17, 15) is 9.50 Å². The lowest BCUT2D eigenvalue weighted by molar-refractivity contribution is -0.0778. The number of aromatic hydroxyl groups is 1. The molecule has 2 aromatic carbocycles. The van der Waals surface area contributed by atoms with Crippen molar-refractivity contribution >= 4 is 0 Å². The summed E-state index contributed by atoms with van der Waals surface area (Å²) in [4.78, 5) is 0. The fraction of sp³-hybridized carbons (Fsp3) is 0.586. The maximum atomic E-state index is 13.6. The molecule has 0 radical (unpaired) electrons. The maximum Gasteiger partial charge on any atom is 0.165 e. The van der Waals surface area contributed by atoms with Crippen molar-refractivity contribution in [2.45, 2.75) is 31.8 Å². The standard InChI is InChI=1S/C29H41FO8/c30-28-21-25(7-10-29(28)31)24-5-8-26(9-6-24)37-12-4-2-1-3-11-35-22-27-23-36-18-17-33-14-13-32-15-16-34-19-20-38-27/h5-10,21,27,31H,1-4,11-20,22-23H2. The van der Waals surface area contributed by atoms with Crippen LogP contribution in [0.1, 0.15) is 25.7 Å². The summed E-state index contributed by atoms with van der Waals surface area (Å²) in [5.41, 5.74) is 1.57. The molecule has 0 amide bonds. The molecular formula is C29H41FO8. The number of phenols is 1. The van der Waals surface area contributed by atoms with Crippen LogP contribution in [0.2, 0.25) is 0 Å². The molecule has 0 spiro atoms. The number of halogens is 1. The number of unbranched alkanes of at least 4 members (excludes halogenated alkanes) is 3. The first kappa shape index (κ1) is 30.3. The van der Waals surface area contributed by atoms with Crippen LogP contribution in [0.3, 0.4) is 0 Å². The van der Waals surface area contributed by atoms with Crippen LogP contribution < -0.4 is 4.74 Å². The molecule has 0 aromatic heterocycles. The van der Waals surface area contributed by atoms with E-state index in [-0.39, 0.29) is 11.9 Å². The summed E-state index contributed by atoms with van der Waals surface area (Å²) >= 11 is 0. The Morgan fingerprint density at radius 2 is 1.32 bits per heavy atom. The van der Waals surface area contributed by atoms with Crippen LogP contribution in [0.25, 0.3) is 11.1 Å². The van der Waals surface area contributed by atoms with E-state index in [2.05, 4.69) is 0 Å². The first-order valence-corrected chi connectivity index (χ1v) is 13.4. The van der Waals surface area contributed by atoms with Crippen molar-refractivity contribution in [2.24, 2.45) is 0 Å². The topological polar surface area (TPSA) is 84.8 Å². The van der Waals surface area contributed by atoms with E-state index < -0.39 is 5.82 Å². The van der Waals surface area contributed by atoms with Gasteiger partial charge < -0.3 is 38.3 Å². The second kappa shape index (κ2) is 18.9. The van der Waals surface area contributed by atoms with E-state index in [1.54, 1.807) is 6.07 Å². The van der Waals surface area contributed by atoms with Crippen LogP contribution in [0.4, 0.5) is 4.39 Å². The van der Waals surface area contributed by atoms with Crippen molar-refractivity contribution < 1.29 is 42.7 Å². The summed E-state index contributed by atoms with van der Waals surface area (Å²) < 4.78 is 53.1. The number of phenolic OH excluding ortho intramolecular Hbond substituents is 1.